The quantitative estimate of drug-likeness (QED) is 0.791. The fraction of sp³-hybridized carbons (Fsp3) is 0.450. The average molecular weight is 404 g/mol. The lowest BCUT2D eigenvalue weighted by atomic mass is 9.92. The molecule has 0 bridgehead atoms. The molecule has 0 fully saturated rings. The van der Waals surface area contributed by atoms with Gasteiger partial charge in [-0.3, -0.25) is 14.2 Å². The first kappa shape index (κ1) is 20.3. The van der Waals surface area contributed by atoms with E-state index >= 15 is 0 Å². The van der Waals surface area contributed by atoms with Crippen LogP contribution in [0.5, 0.6) is 11.5 Å². The fourth-order valence-corrected chi connectivity index (χ4v) is 3.99. The Bertz CT molecular complexity index is 949. The monoisotopic (exact) mass is 403 g/mol. The molecule has 8 heteroatoms. The van der Waals surface area contributed by atoms with Crippen molar-refractivity contribution >= 4 is 23.4 Å². The van der Waals surface area contributed by atoms with Crippen LogP contribution < -0.4 is 20.3 Å². The van der Waals surface area contributed by atoms with Crippen molar-refractivity contribution in [3.05, 3.63) is 40.3 Å². The number of hydrogen-bond donors (Lipinski definition) is 1. The highest BCUT2D eigenvalue weighted by molar-refractivity contribution is 7.99. The lowest BCUT2D eigenvalue weighted by molar-refractivity contribution is -0.119. The molecule has 1 aliphatic heterocycles. The van der Waals surface area contributed by atoms with Gasteiger partial charge in [0.25, 0.3) is 5.56 Å². The van der Waals surface area contributed by atoms with Gasteiger partial charge in [0, 0.05) is 29.8 Å². The molecule has 0 spiro atoms. The van der Waals surface area contributed by atoms with Crippen LogP contribution in [0.2, 0.25) is 0 Å². The third-order valence-electron chi connectivity index (χ3n) is 4.59. The number of nitrogens with zero attached hydrogens (tertiary/aromatic N) is 2. The normalized spacial score (nSPS) is 16.2. The number of fused-ring (bicyclic) bond motifs is 1. The Balaban J connectivity index is 1.81. The van der Waals surface area contributed by atoms with Crippen molar-refractivity contribution in [1.82, 2.24) is 9.55 Å². The average Bonchev–Trinajstić information content (AvgIpc) is 2.66. The van der Waals surface area contributed by atoms with E-state index in [4.69, 9.17) is 9.47 Å². The molecular formula is C20H25N3O4S. The van der Waals surface area contributed by atoms with E-state index in [1.54, 1.807) is 43.1 Å². The number of carbonyl (C=O) groups is 1. The Morgan fingerprint density at radius 1 is 1.25 bits per heavy atom. The molecular weight excluding hydrogens is 378 g/mol. The van der Waals surface area contributed by atoms with E-state index in [9.17, 15) is 9.59 Å². The van der Waals surface area contributed by atoms with Gasteiger partial charge in [-0.25, -0.2) is 4.98 Å². The highest BCUT2D eigenvalue weighted by Crippen LogP contribution is 2.32. The lowest BCUT2D eigenvalue weighted by Crippen LogP contribution is -2.37. The Morgan fingerprint density at radius 3 is 2.64 bits per heavy atom. The summed E-state index contributed by atoms with van der Waals surface area (Å²) in [5.41, 5.74) is 0.974. The van der Waals surface area contributed by atoms with Crippen molar-refractivity contribution in [2.75, 3.05) is 25.3 Å². The number of methoxy groups -OCH3 is 2. The molecule has 0 radical (unpaired) electrons. The maximum Gasteiger partial charge on any atom is 0.254 e. The van der Waals surface area contributed by atoms with E-state index < -0.39 is 0 Å². The maximum absolute atomic E-state index is 12.8. The van der Waals surface area contributed by atoms with Gasteiger partial charge < -0.3 is 14.8 Å². The molecule has 28 heavy (non-hydrogen) atoms. The van der Waals surface area contributed by atoms with E-state index in [0.717, 1.165) is 5.69 Å². The molecule has 3 rings (SSSR count). The number of nitrogens with one attached hydrogen (secondary N) is 1. The lowest BCUT2D eigenvalue weighted by Gasteiger charge is -2.26. The van der Waals surface area contributed by atoms with Crippen molar-refractivity contribution in [1.29, 1.82) is 0 Å². The third-order valence-corrected chi connectivity index (χ3v) is 5.73. The molecule has 0 saturated carbocycles. The number of anilines is 1. The predicted octanol–water partition coefficient (Wildman–Crippen LogP) is 2.92. The summed E-state index contributed by atoms with van der Waals surface area (Å²) in [6, 6.07) is 6.78. The molecule has 1 atom stereocenters. The molecule has 1 unspecified atom stereocenters. The van der Waals surface area contributed by atoms with Crippen LogP contribution in [0.3, 0.4) is 0 Å². The zero-order valence-electron chi connectivity index (χ0n) is 16.7. The van der Waals surface area contributed by atoms with Gasteiger partial charge in [-0.2, -0.15) is 0 Å². The van der Waals surface area contributed by atoms with Crippen LogP contribution in [0.1, 0.15) is 26.5 Å². The van der Waals surface area contributed by atoms with E-state index in [0.29, 0.717) is 34.6 Å². The topological polar surface area (TPSA) is 82.5 Å². The minimum absolute atomic E-state index is 0.126. The number of thioether (sulfide) groups is 1. The van der Waals surface area contributed by atoms with Crippen molar-refractivity contribution in [3.8, 4) is 11.5 Å². The molecule has 2 aromatic rings. The van der Waals surface area contributed by atoms with Gasteiger partial charge in [-0.1, -0.05) is 32.5 Å². The van der Waals surface area contributed by atoms with Crippen LogP contribution in [0, 0.1) is 5.92 Å². The standard InChI is InChI=1S/C20H25N3O4S/c1-20(2,3)16-9-17(24)23-10-12(11-28-19(23)22-16)18(25)21-14-8-13(26-4)6-7-15(14)27-5/h6-9,12H,10-11H2,1-5H3,(H,21,25). The molecule has 1 aromatic carbocycles. The number of hydrogen-bond acceptors (Lipinski definition) is 6. The highest BCUT2D eigenvalue weighted by Gasteiger charge is 2.29. The maximum atomic E-state index is 12.8. The van der Waals surface area contributed by atoms with Crippen LogP contribution in [0.15, 0.2) is 34.2 Å². The fourth-order valence-electron chi connectivity index (χ4n) is 2.90. The molecule has 0 aliphatic carbocycles. The number of ether oxygens (including phenoxy) is 2. The third kappa shape index (κ3) is 4.16. The summed E-state index contributed by atoms with van der Waals surface area (Å²) < 4.78 is 12.1. The molecule has 1 aliphatic rings. The molecule has 1 N–H and O–H groups in total. The Morgan fingerprint density at radius 2 is 2.00 bits per heavy atom. The van der Waals surface area contributed by atoms with Crippen molar-refractivity contribution < 1.29 is 14.3 Å². The van der Waals surface area contributed by atoms with Crippen molar-refractivity contribution in [3.63, 3.8) is 0 Å². The molecule has 1 amide bonds. The first-order valence-corrected chi connectivity index (χ1v) is 9.99. The van der Waals surface area contributed by atoms with Crippen LogP contribution in [-0.2, 0) is 16.8 Å². The van der Waals surface area contributed by atoms with Gasteiger partial charge in [0.05, 0.1) is 31.5 Å². The van der Waals surface area contributed by atoms with E-state index in [1.807, 2.05) is 20.8 Å². The molecule has 7 nitrogen and oxygen atoms in total. The Hall–Kier alpha value is -2.48. The van der Waals surface area contributed by atoms with Gasteiger partial charge in [0.15, 0.2) is 5.16 Å². The van der Waals surface area contributed by atoms with Crippen LogP contribution in [0.4, 0.5) is 5.69 Å². The van der Waals surface area contributed by atoms with Gasteiger partial charge in [-0.05, 0) is 12.1 Å². The van der Waals surface area contributed by atoms with E-state index in [1.165, 1.54) is 11.8 Å². The minimum Gasteiger partial charge on any atom is -0.497 e. The van der Waals surface area contributed by atoms with Gasteiger partial charge >= 0.3 is 0 Å². The van der Waals surface area contributed by atoms with Crippen LogP contribution in [0.25, 0.3) is 0 Å². The second kappa shape index (κ2) is 7.87. The van der Waals surface area contributed by atoms with Crippen LogP contribution >= 0.6 is 11.8 Å². The largest absolute Gasteiger partial charge is 0.497 e. The number of aromatic nitrogens is 2. The summed E-state index contributed by atoms with van der Waals surface area (Å²) >= 11 is 1.43. The molecule has 2 heterocycles. The Labute approximate surface area is 168 Å². The van der Waals surface area contributed by atoms with Gasteiger partial charge in [0.2, 0.25) is 5.91 Å². The predicted molar refractivity (Wildman–Crippen MR) is 110 cm³/mol. The highest BCUT2D eigenvalue weighted by atomic mass is 32.2. The smallest absolute Gasteiger partial charge is 0.254 e. The summed E-state index contributed by atoms with van der Waals surface area (Å²) in [6.07, 6.45) is 0. The van der Waals surface area contributed by atoms with Gasteiger partial charge in [0.1, 0.15) is 11.5 Å². The molecule has 150 valence electrons. The summed E-state index contributed by atoms with van der Waals surface area (Å²) in [4.78, 5) is 30.0. The van der Waals surface area contributed by atoms with Crippen LogP contribution in [-0.4, -0.2) is 35.4 Å². The minimum atomic E-state index is -0.353. The van der Waals surface area contributed by atoms with Crippen molar-refractivity contribution in [2.24, 2.45) is 5.92 Å². The SMILES string of the molecule is COc1ccc(OC)c(NC(=O)C2CSc3nc(C(C)(C)C)cc(=O)n3C2)c1. The number of amides is 1. The van der Waals surface area contributed by atoms with Crippen molar-refractivity contribution in [2.45, 2.75) is 37.9 Å². The first-order valence-electron chi connectivity index (χ1n) is 9.01. The number of carbonyl (C=O) groups excluding carboxylic acids is 1. The van der Waals surface area contributed by atoms with Gasteiger partial charge in [-0.15, -0.1) is 0 Å². The van der Waals surface area contributed by atoms with E-state index in [-0.39, 0.29) is 22.8 Å². The summed E-state index contributed by atoms with van der Waals surface area (Å²) in [5.74, 6) is 1.20. The summed E-state index contributed by atoms with van der Waals surface area (Å²) in [5, 5.41) is 3.57. The Kier molecular flexibility index (Phi) is 5.69. The summed E-state index contributed by atoms with van der Waals surface area (Å²) in [7, 11) is 3.11. The second-order valence-electron chi connectivity index (χ2n) is 7.69. The molecule has 0 saturated heterocycles. The first-order chi connectivity index (χ1) is 13.2. The number of rotatable bonds is 4. The summed E-state index contributed by atoms with van der Waals surface area (Å²) in [6.45, 7) is 6.38. The van der Waals surface area contributed by atoms with E-state index in [2.05, 4.69) is 10.3 Å². The molecule has 1 aromatic heterocycles. The number of benzene rings is 1. The zero-order chi connectivity index (χ0) is 20.5. The second-order valence-corrected chi connectivity index (χ2v) is 8.67. The zero-order valence-corrected chi connectivity index (χ0v) is 17.6.